The lowest BCUT2D eigenvalue weighted by atomic mass is 10.2. The molecular formula is C22H20ClNO4S. The van der Waals surface area contributed by atoms with Crippen molar-refractivity contribution in [2.45, 2.75) is 18.0 Å². The predicted molar refractivity (Wildman–Crippen MR) is 112 cm³/mol. The topological polar surface area (TPSA) is 63.7 Å². The minimum atomic E-state index is -4.00. The van der Waals surface area contributed by atoms with E-state index in [-0.39, 0.29) is 28.6 Å². The van der Waals surface area contributed by atoms with Gasteiger partial charge in [-0.05, 0) is 29.3 Å². The molecule has 5 nitrogen and oxygen atoms in total. The van der Waals surface area contributed by atoms with Gasteiger partial charge in [-0.15, -0.1) is 0 Å². The monoisotopic (exact) mass is 429 g/mol. The van der Waals surface area contributed by atoms with Crippen molar-refractivity contribution in [2.75, 3.05) is 7.11 Å². The van der Waals surface area contributed by atoms with Crippen molar-refractivity contribution in [3.05, 3.63) is 101 Å². The highest BCUT2D eigenvalue weighted by Crippen LogP contribution is 2.28. The van der Waals surface area contributed by atoms with Gasteiger partial charge in [0, 0.05) is 13.1 Å². The smallest absolute Gasteiger partial charge is 0.337 e. The van der Waals surface area contributed by atoms with E-state index in [2.05, 4.69) is 0 Å². The molecular weight excluding hydrogens is 410 g/mol. The number of nitrogens with zero attached hydrogens (tertiary/aromatic N) is 1. The zero-order chi connectivity index (χ0) is 20.9. The van der Waals surface area contributed by atoms with Crippen molar-refractivity contribution in [1.29, 1.82) is 0 Å². The average molecular weight is 430 g/mol. The summed E-state index contributed by atoms with van der Waals surface area (Å²) in [5.74, 6) is -0.629. The van der Waals surface area contributed by atoms with Gasteiger partial charge in [-0.2, -0.15) is 4.31 Å². The molecule has 0 N–H and O–H groups in total. The van der Waals surface area contributed by atoms with Crippen LogP contribution in [0.25, 0.3) is 0 Å². The number of carbonyl (C=O) groups excluding carboxylic acids is 1. The Morgan fingerprint density at radius 3 is 1.90 bits per heavy atom. The van der Waals surface area contributed by atoms with Gasteiger partial charge in [-0.25, -0.2) is 13.2 Å². The molecule has 0 spiro atoms. The Labute approximate surface area is 175 Å². The zero-order valence-electron chi connectivity index (χ0n) is 15.8. The molecule has 29 heavy (non-hydrogen) atoms. The quantitative estimate of drug-likeness (QED) is 0.518. The molecule has 0 aliphatic heterocycles. The maximum atomic E-state index is 13.5. The van der Waals surface area contributed by atoms with Crippen molar-refractivity contribution in [2.24, 2.45) is 0 Å². The summed E-state index contributed by atoms with van der Waals surface area (Å²) < 4.78 is 33.1. The Bertz CT molecular complexity index is 1040. The van der Waals surface area contributed by atoms with Crippen molar-refractivity contribution >= 4 is 27.6 Å². The summed E-state index contributed by atoms with van der Waals surface area (Å²) in [4.78, 5) is 11.8. The van der Waals surface area contributed by atoms with Crippen molar-refractivity contribution < 1.29 is 17.9 Å². The first-order valence-electron chi connectivity index (χ1n) is 8.87. The lowest BCUT2D eigenvalue weighted by Gasteiger charge is -2.23. The summed E-state index contributed by atoms with van der Waals surface area (Å²) in [7, 11) is -2.76. The van der Waals surface area contributed by atoms with E-state index >= 15 is 0 Å². The molecule has 150 valence electrons. The molecule has 0 aliphatic carbocycles. The van der Waals surface area contributed by atoms with E-state index in [4.69, 9.17) is 16.3 Å². The van der Waals surface area contributed by atoms with Crippen LogP contribution < -0.4 is 0 Å². The third kappa shape index (κ3) is 5.03. The molecule has 3 rings (SSSR count). The van der Waals surface area contributed by atoms with E-state index in [1.165, 1.54) is 29.6 Å². The van der Waals surface area contributed by atoms with E-state index in [9.17, 15) is 13.2 Å². The van der Waals surface area contributed by atoms with Crippen LogP contribution in [0.2, 0.25) is 5.02 Å². The van der Waals surface area contributed by atoms with Crippen LogP contribution in [0.5, 0.6) is 0 Å². The van der Waals surface area contributed by atoms with Crippen molar-refractivity contribution in [3.63, 3.8) is 0 Å². The summed E-state index contributed by atoms with van der Waals surface area (Å²) >= 11 is 6.22. The van der Waals surface area contributed by atoms with Crippen molar-refractivity contribution in [3.8, 4) is 0 Å². The third-order valence-electron chi connectivity index (χ3n) is 4.37. The molecule has 0 fully saturated rings. The Balaban J connectivity index is 2.04. The van der Waals surface area contributed by atoms with Gasteiger partial charge in [0.2, 0.25) is 10.0 Å². The van der Waals surface area contributed by atoms with Crippen LogP contribution in [0.15, 0.2) is 83.8 Å². The molecule has 0 heterocycles. The SMILES string of the molecule is COC(=O)c1ccc(Cl)c(S(=O)(=O)N(Cc2ccccc2)Cc2ccccc2)c1. The molecule has 0 bridgehead atoms. The summed E-state index contributed by atoms with van der Waals surface area (Å²) in [6, 6.07) is 22.7. The number of methoxy groups -OCH3 is 1. The minimum Gasteiger partial charge on any atom is -0.465 e. The van der Waals surface area contributed by atoms with Crippen molar-refractivity contribution in [1.82, 2.24) is 4.31 Å². The molecule has 3 aromatic rings. The number of rotatable bonds is 7. The van der Waals surface area contributed by atoms with Crippen LogP contribution >= 0.6 is 11.6 Å². The minimum absolute atomic E-state index is 0.0452. The molecule has 0 aliphatic rings. The zero-order valence-corrected chi connectivity index (χ0v) is 17.4. The molecule has 0 amide bonds. The maximum Gasteiger partial charge on any atom is 0.337 e. The summed E-state index contributed by atoms with van der Waals surface area (Å²) in [5, 5.41) is 0.0452. The van der Waals surface area contributed by atoms with Gasteiger partial charge in [0.15, 0.2) is 0 Å². The Kier molecular flexibility index (Phi) is 6.69. The number of esters is 1. The number of ether oxygens (including phenoxy) is 1. The molecule has 0 aromatic heterocycles. The maximum absolute atomic E-state index is 13.5. The van der Waals surface area contributed by atoms with Gasteiger partial charge in [0.25, 0.3) is 0 Å². The van der Waals surface area contributed by atoms with E-state index < -0.39 is 16.0 Å². The number of hydrogen-bond donors (Lipinski definition) is 0. The van der Waals surface area contributed by atoms with Crippen LogP contribution in [-0.4, -0.2) is 25.8 Å². The molecule has 0 unspecified atom stereocenters. The normalized spacial score (nSPS) is 11.4. The van der Waals surface area contributed by atoms with Crippen LogP contribution in [0.4, 0.5) is 0 Å². The Morgan fingerprint density at radius 2 is 1.41 bits per heavy atom. The molecule has 0 radical (unpaired) electrons. The van der Waals surface area contributed by atoms with E-state index in [0.29, 0.717) is 0 Å². The number of carbonyl (C=O) groups is 1. The second-order valence-electron chi connectivity index (χ2n) is 6.38. The predicted octanol–water partition coefficient (Wildman–Crippen LogP) is 4.52. The van der Waals surface area contributed by atoms with E-state index in [0.717, 1.165) is 11.1 Å². The first kappa shape index (κ1) is 21.0. The van der Waals surface area contributed by atoms with Gasteiger partial charge >= 0.3 is 5.97 Å². The highest BCUT2D eigenvalue weighted by molar-refractivity contribution is 7.89. The fourth-order valence-corrected chi connectivity index (χ4v) is 4.80. The fraction of sp³-hybridized carbons (Fsp3) is 0.136. The number of benzene rings is 3. The van der Waals surface area contributed by atoms with Gasteiger partial charge < -0.3 is 4.74 Å². The number of halogens is 1. The standard InChI is InChI=1S/C22H20ClNO4S/c1-28-22(25)19-12-13-20(23)21(14-19)29(26,27)24(15-17-8-4-2-5-9-17)16-18-10-6-3-7-11-18/h2-14H,15-16H2,1H3. The van der Waals surface area contributed by atoms with Crippen LogP contribution in [0, 0.1) is 0 Å². The Hall–Kier alpha value is -2.67. The summed E-state index contributed by atoms with van der Waals surface area (Å²) in [5.41, 5.74) is 1.80. The highest BCUT2D eigenvalue weighted by Gasteiger charge is 2.28. The lowest BCUT2D eigenvalue weighted by Crippen LogP contribution is -2.30. The summed E-state index contributed by atoms with van der Waals surface area (Å²) in [6.07, 6.45) is 0. The molecule has 0 atom stereocenters. The highest BCUT2D eigenvalue weighted by atomic mass is 35.5. The van der Waals surface area contributed by atoms with Crippen LogP contribution in [-0.2, 0) is 27.8 Å². The fourth-order valence-electron chi connectivity index (χ4n) is 2.88. The molecule has 0 saturated heterocycles. The molecule has 7 heteroatoms. The average Bonchev–Trinajstić information content (AvgIpc) is 2.74. The second kappa shape index (κ2) is 9.22. The third-order valence-corrected chi connectivity index (χ3v) is 6.65. The molecule has 3 aromatic carbocycles. The van der Waals surface area contributed by atoms with Gasteiger partial charge in [-0.3, -0.25) is 0 Å². The lowest BCUT2D eigenvalue weighted by molar-refractivity contribution is 0.0600. The number of sulfonamides is 1. The van der Waals surface area contributed by atoms with Gasteiger partial charge in [0.1, 0.15) is 4.90 Å². The number of hydrogen-bond acceptors (Lipinski definition) is 4. The van der Waals surface area contributed by atoms with E-state index in [1.54, 1.807) is 0 Å². The van der Waals surface area contributed by atoms with Crippen LogP contribution in [0.1, 0.15) is 21.5 Å². The van der Waals surface area contributed by atoms with Crippen LogP contribution in [0.3, 0.4) is 0 Å². The van der Waals surface area contributed by atoms with Gasteiger partial charge in [-0.1, -0.05) is 72.3 Å². The largest absolute Gasteiger partial charge is 0.465 e. The van der Waals surface area contributed by atoms with Gasteiger partial charge in [0.05, 0.1) is 17.7 Å². The second-order valence-corrected chi connectivity index (χ2v) is 8.69. The first-order valence-corrected chi connectivity index (χ1v) is 10.7. The Morgan fingerprint density at radius 1 is 0.897 bits per heavy atom. The van der Waals surface area contributed by atoms with E-state index in [1.807, 2.05) is 60.7 Å². The first-order chi connectivity index (χ1) is 13.9. The summed E-state index contributed by atoms with van der Waals surface area (Å²) in [6.45, 7) is 0.327. The molecule has 0 saturated carbocycles.